The van der Waals surface area contributed by atoms with Crippen molar-refractivity contribution >= 4 is 33.1 Å². The monoisotopic (exact) mass is 444 g/mol. The molecule has 31 heavy (non-hydrogen) atoms. The maximum atomic E-state index is 13.2. The Balaban J connectivity index is 1.56. The first-order chi connectivity index (χ1) is 14.7. The molecule has 11 heteroatoms. The van der Waals surface area contributed by atoms with Crippen molar-refractivity contribution in [2.75, 3.05) is 5.43 Å². The Morgan fingerprint density at radius 1 is 1.35 bits per heavy atom. The minimum Gasteiger partial charge on any atom is -0.273 e. The molecule has 0 fully saturated rings. The van der Waals surface area contributed by atoms with Crippen LogP contribution >= 0.6 is 11.3 Å². The van der Waals surface area contributed by atoms with E-state index in [-0.39, 0.29) is 30.1 Å². The standard InChI is InChI=1S/C20H24N6O4S/c1-10-5-6-14-15(9-10)31-19-17(14)20(28)25(13(4)21-19)23-16(27)7-8-24-12(3)18(26(29)30)11(2)22-24/h10H,5-9H2,1-4H3,(H,23,27). The summed E-state index contributed by atoms with van der Waals surface area (Å²) in [6, 6.07) is 0. The Kier molecular flexibility index (Phi) is 5.38. The quantitative estimate of drug-likeness (QED) is 0.476. The normalized spacial score (nSPS) is 15.8. The Morgan fingerprint density at radius 2 is 2.10 bits per heavy atom. The summed E-state index contributed by atoms with van der Waals surface area (Å²) < 4.78 is 2.65. The molecular weight excluding hydrogens is 420 g/mol. The van der Waals surface area contributed by atoms with Gasteiger partial charge in [-0.15, -0.1) is 11.3 Å². The molecule has 1 unspecified atom stereocenters. The first-order valence-electron chi connectivity index (χ1n) is 10.2. The van der Waals surface area contributed by atoms with Crippen LogP contribution in [0.4, 0.5) is 5.69 Å². The van der Waals surface area contributed by atoms with Crippen LogP contribution in [-0.4, -0.2) is 30.3 Å². The second kappa shape index (κ2) is 7.88. The van der Waals surface area contributed by atoms with Gasteiger partial charge in [0.2, 0.25) is 5.91 Å². The van der Waals surface area contributed by atoms with Gasteiger partial charge in [0.15, 0.2) is 0 Å². The van der Waals surface area contributed by atoms with Crippen LogP contribution in [0.15, 0.2) is 4.79 Å². The fraction of sp³-hybridized carbons (Fsp3) is 0.500. The molecule has 1 aliphatic rings. The fourth-order valence-corrected chi connectivity index (χ4v) is 5.60. The predicted octanol–water partition coefficient (Wildman–Crippen LogP) is 2.77. The van der Waals surface area contributed by atoms with Gasteiger partial charge < -0.3 is 0 Å². The summed E-state index contributed by atoms with van der Waals surface area (Å²) in [6.45, 7) is 7.23. The molecule has 0 aromatic carbocycles. The van der Waals surface area contributed by atoms with Gasteiger partial charge in [-0.05, 0) is 51.5 Å². The zero-order chi connectivity index (χ0) is 22.4. The third kappa shape index (κ3) is 3.73. The molecule has 0 spiro atoms. The number of hydrogen-bond donors (Lipinski definition) is 1. The average Bonchev–Trinajstić information content (AvgIpc) is 3.18. The smallest absolute Gasteiger partial charge is 0.273 e. The number of nitro groups is 1. The molecule has 3 aromatic heterocycles. The largest absolute Gasteiger partial charge is 0.312 e. The van der Waals surface area contributed by atoms with E-state index in [1.54, 1.807) is 32.1 Å². The molecule has 0 aliphatic heterocycles. The van der Waals surface area contributed by atoms with Crippen molar-refractivity contribution in [3.05, 3.63) is 48.1 Å². The van der Waals surface area contributed by atoms with Crippen LogP contribution < -0.4 is 11.0 Å². The molecule has 3 heterocycles. The lowest BCUT2D eigenvalue weighted by Crippen LogP contribution is -2.36. The summed E-state index contributed by atoms with van der Waals surface area (Å²) in [5.74, 6) is 0.618. The molecule has 0 saturated heterocycles. The van der Waals surface area contributed by atoms with Gasteiger partial charge in [-0.1, -0.05) is 6.92 Å². The van der Waals surface area contributed by atoms with E-state index in [0.29, 0.717) is 28.5 Å². The molecule has 1 amide bonds. The maximum absolute atomic E-state index is 13.2. The summed E-state index contributed by atoms with van der Waals surface area (Å²) in [6.07, 6.45) is 2.85. The highest BCUT2D eigenvalue weighted by Crippen LogP contribution is 2.35. The maximum Gasteiger partial charge on any atom is 0.312 e. The van der Waals surface area contributed by atoms with Crippen molar-refractivity contribution in [2.45, 2.75) is 59.9 Å². The van der Waals surface area contributed by atoms with Crippen LogP contribution in [0.2, 0.25) is 0 Å². The molecule has 1 N–H and O–H groups in total. The number of nitrogens with zero attached hydrogens (tertiary/aromatic N) is 5. The molecular formula is C20H24N6O4S. The van der Waals surface area contributed by atoms with Gasteiger partial charge in [0.25, 0.3) is 5.56 Å². The van der Waals surface area contributed by atoms with Crippen molar-refractivity contribution in [3.63, 3.8) is 0 Å². The topological polar surface area (TPSA) is 125 Å². The first-order valence-corrected chi connectivity index (χ1v) is 11.0. The number of thiophene rings is 1. The fourth-order valence-electron chi connectivity index (χ4n) is 4.18. The van der Waals surface area contributed by atoms with Gasteiger partial charge in [-0.25, -0.2) is 9.66 Å². The zero-order valence-corrected chi connectivity index (χ0v) is 18.7. The highest BCUT2D eigenvalue weighted by molar-refractivity contribution is 7.18. The Labute approximate surface area is 182 Å². The summed E-state index contributed by atoms with van der Waals surface area (Å²) in [7, 11) is 0. The van der Waals surface area contributed by atoms with Crippen molar-refractivity contribution in [1.29, 1.82) is 0 Å². The molecule has 1 aliphatic carbocycles. The van der Waals surface area contributed by atoms with Gasteiger partial charge in [-0.3, -0.25) is 29.8 Å². The molecule has 0 bridgehead atoms. The Bertz CT molecular complexity index is 1270. The van der Waals surface area contributed by atoms with E-state index in [1.807, 2.05) is 0 Å². The van der Waals surface area contributed by atoms with Crippen LogP contribution in [0.1, 0.15) is 47.4 Å². The van der Waals surface area contributed by atoms with Gasteiger partial charge in [0.05, 0.1) is 16.9 Å². The van der Waals surface area contributed by atoms with Crippen molar-refractivity contribution in [3.8, 4) is 0 Å². The minimum absolute atomic E-state index is 0.0162. The first kappa shape index (κ1) is 21.2. The number of fused-ring (bicyclic) bond motifs is 3. The minimum atomic E-state index is -0.472. The highest BCUT2D eigenvalue weighted by atomic mass is 32.1. The molecule has 4 rings (SSSR count). The van der Waals surface area contributed by atoms with Gasteiger partial charge in [0, 0.05) is 11.3 Å². The van der Waals surface area contributed by atoms with Crippen molar-refractivity contribution in [2.24, 2.45) is 5.92 Å². The lowest BCUT2D eigenvalue weighted by atomic mass is 9.89. The van der Waals surface area contributed by atoms with Crippen LogP contribution in [-0.2, 0) is 24.2 Å². The van der Waals surface area contributed by atoms with E-state index in [1.165, 1.54) is 14.2 Å². The lowest BCUT2D eigenvalue weighted by molar-refractivity contribution is -0.386. The van der Waals surface area contributed by atoms with Crippen LogP contribution in [0, 0.1) is 36.8 Å². The number of aromatic nitrogens is 4. The molecule has 3 aromatic rings. The van der Waals surface area contributed by atoms with Crippen LogP contribution in [0.5, 0.6) is 0 Å². The third-order valence-electron chi connectivity index (χ3n) is 5.81. The van der Waals surface area contributed by atoms with Crippen molar-refractivity contribution in [1.82, 2.24) is 19.4 Å². The van der Waals surface area contributed by atoms with E-state index in [2.05, 4.69) is 22.4 Å². The number of nitrogens with one attached hydrogen (secondary N) is 1. The number of carbonyl (C=O) groups excluding carboxylic acids is 1. The SMILES string of the molecule is Cc1nn(CCC(=O)Nn2c(C)nc3sc4c(c3c2=O)CCC(C)C4)c(C)c1[N+](=O)[O-]. The zero-order valence-electron chi connectivity index (χ0n) is 17.9. The van der Waals surface area contributed by atoms with E-state index >= 15 is 0 Å². The molecule has 0 saturated carbocycles. The van der Waals surface area contributed by atoms with E-state index in [9.17, 15) is 19.7 Å². The second-order valence-electron chi connectivity index (χ2n) is 8.12. The van der Waals surface area contributed by atoms with E-state index in [0.717, 1.165) is 29.7 Å². The van der Waals surface area contributed by atoms with Crippen molar-refractivity contribution < 1.29 is 9.72 Å². The Morgan fingerprint density at radius 3 is 2.77 bits per heavy atom. The molecule has 164 valence electrons. The lowest BCUT2D eigenvalue weighted by Gasteiger charge is -2.17. The average molecular weight is 445 g/mol. The number of aryl methyl sites for hydroxylation is 4. The Hall–Kier alpha value is -3.08. The van der Waals surface area contributed by atoms with E-state index < -0.39 is 4.92 Å². The van der Waals surface area contributed by atoms with Crippen LogP contribution in [0.3, 0.4) is 0 Å². The number of carbonyl (C=O) groups is 1. The van der Waals surface area contributed by atoms with Gasteiger partial charge in [-0.2, -0.15) is 5.10 Å². The second-order valence-corrected chi connectivity index (χ2v) is 9.20. The third-order valence-corrected chi connectivity index (χ3v) is 6.96. The van der Waals surface area contributed by atoms with Crippen LogP contribution in [0.25, 0.3) is 10.2 Å². The summed E-state index contributed by atoms with van der Waals surface area (Å²) >= 11 is 1.57. The van der Waals surface area contributed by atoms with Gasteiger partial charge in [0.1, 0.15) is 22.0 Å². The molecule has 0 radical (unpaired) electrons. The number of rotatable bonds is 5. The van der Waals surface area contributed by atoms with E-state index in [4.69, 9.17) is 0 Å². The summed E-state index contributed by atoms with van der Waals surface area (Å²) in [5, 5.41) is 15.9. The predicted molar refractivity (Wildman–Crippen MR) is 117 cm³/mol. The highest BCUT2D eigenvalue weighted by Gasteiger charge is 2.25. The molecule has 10 nitrogen and oxygen atoms in total. The number of hydrogen-bond acceptors (Lipinski definition) is 7. The molecule has 1 atom stereocenters. The summed E-state index contributed by atoms with van der Waals surface area (Å²) in [4.78, 5) is 42.9. The summed E-state index contributed by atoms with van der Waals surface area (Å²) in [5.41, 5.74) is 4.10. The number of amides is 1. The van der Waals surface area contributed by atoms with Gasteiger partial charge >= 0.3 is 5.69 Å².